The summed E-state index contributed by atoms with van der Waals surface area (Å²) in [6.07, 6.45) is 1.00. The first kappa shape index (κ1) is 13.2. The number of nitrogens with two attached hydrogens (primary N) is 1. The van der Waals surface area contributed by atoms with Gasteiger partial charge in [-0.25, -0.2) is 10.8 Å². The summed E-state index contributed by atoms with van der Waals surface area (Å²) in [5, 5.41) is 0. The number of nitrogens with one attached hydrogen (secondary N) is 1. The van der Waals surface area contributed by atoms with Crippen LogP contribution in [0.3, 0.4) is 0 Å². The number of nitrogen functional groups attached to an aromatic ring is 1. The molecule has 3 N–H and O–H groups in total. The maximum Gasteiger partial charge on any atom is 0.260 e. The predicted molar refractivity (Wildman–Crippen MR) is 70.4 cm³/mol. The van der Waals surface area contributed by atoms with Gasteiger partial charge in [0.25, 0.3) is 5.88 Å². The van der Waals surface area contributed by atoms with Gasteiger partial charge in [-0.15, -0.1) is 0 Å². The second kappa shape index (κ2) is 5.62. The lowest BCUT2D eigenvalue weighted by Gasteiger charge is -2.09. The number of rotatable bonds is 4. The summed E-state index contributed by atoms with van der Waals surface area (Å²) in [4.78, 5) is 7.43. The molecule has 0 radical (unpaired) electrons. The Labute approximate surface area is 110 Å². The molecule has 0 amide bonds. The van der Waals surface area contributed by atoms with Gasteiger partial charge < -0.3 is 4.74 Å². The van der Waals surface area contributed by atoms with Crippen molar-refractivity contribution in [1.82, 2.24) is 9.97 Å². The van der Waals surface area contributed by atoms with E-state index >= 15 is 0 Å². The molecule has 19 heavy (non-hydrogen) atoms. The summed E-state index contributed by atoms with van der Waals surface area (Å²) in [6.45, 7) is 4.19. The quantitative estimate of drug-likeness (QED) is 0.654. The molecule has 1 heterocycles. The van der Waals surface area contributed by atoms with Crippen LogP contribution >= 0.6 is 0 Å². The fraction of sp³-hybridized carbons (Fsp3) is 0.231. The molecule has 0 atom stereocenters. The minimum absolute atomic E-state index is 0.0928. The Balaban J connectivity index is 2.20. The first-order chi connectivity index (χ1) is 9.10. The average Bonchev–Trinajstić information content (AvgIpc) is 2.42. The van der Waals surface area contributed by atoms with Gasteiger partial charge in [-0.1, -0.05) is 26.0 Å². The van der Waals surface area contributed by atoms with Crippen LogP contribution in [0.5, 0.6) is 11.6 Å². The molecule has 1 aromatic heterocycles. The minimum atomic E-state index is -0.646. The van der Waals surface area contributed by atoms with Gasteiger partial charge in [-0.3, -0.25) is 5.43 Å². The molecule has 0 saturated heterocycles. The zero-order valence-electron chi connectivity index (χ0n) is 10.7. The van der Waals surface area contributed by atoms with Crippen molar-refractivity contribution in [3.8, 4) is 11.6 Å². The number of nitrogens with zero attached hydrogens (tertiary/aromatic N) is 2. The van der Waals surface area contributed by atoms with Gasteiger partial charge in [-0.05, 0) is 23.6 Å². The van der Waals surface area contributed by atoms with Gasteiger partial charge >= 0.3 is 0 Å². The van der Waals surface area contributed by atoms with Crippen molar-refractivity contribution in [2.24, 2.45) is 5.84 Å². The van der Waals surface area contributed by atoms with Gasteiger partial charge in [0, 0.05) is 0 Å². The van der Waals surface area contributed by atoms with E-state index in [0.29, 0.717) is 11.7 Å². The third-order valence-corrected chi connectivity index (χ3v) is 2.60. The standard InChI is InChI=1S/C13H15FN4O/c1-8(2)9-3-5-10(6-4-9)19-12-11(14)7-16-13(17-12)18-15/h3-8H,15H2,1-2H3,(H,16,17,18). The maximum absolute atomic E-state index is 13.5. The van der Waals surface area contributed by atoms with E-state index in [-0.39, 0.29) is 11.8 Å². The molecule has 0 aliphatic heterocycles. The van der Waals surface area contributed by atoms with Crippen LogP contribution in [0.4, 0.5) is 10.3 Å². The van der Waals surface area contributed by atoms with Crippen LogP contribution in [0.15, 0.2) is 30.5 Å². The summed E-state index contributed by atoms with van der Waals surface area (Å²) in [7, 11) is 0. The monoisotopic (exact) mass is 262 g/mol. The van der Waals surface area contributed by atoms with E-state index in [1.165, 1.54) is 5.56 Å². The number of benzene rings is 1. The van der Waals surface area contributed by atoms with E-state index in [0.717, 1.165) is 6.20 Å². The zero-order chi connectivity index (χ0) is 13.8. The molecule has 0 fully saturated rings. The lowest BCUT2D eigenvalue weighted by Crippen LogP contribution is -2.11. The Morgan fingerprint density at radius 2 is 1.95 bits per heavy atom. The third-order valence-electron chi connectivity index (χ3n) is 2.60. The number of halogens is 1. The van der Waals surface area contributed by atoms with Crippen molar-refractivity contribution in [3.05, 3.63) is 41.8 Å². The molecule has 2 rings (SSSR count). The van der Waals surface area contributed by atoms with Crippen molar-refractivity contribution < 1.29 is 9.13 Å². The Morgan fingerprint density at radius 3 is 2.53 bits per heavy atom. The van der Waals surface area contributed by atoms with Crippen LogP contribution in [-0.2, 0) is 0 Å². The molecule has 0 bridgehead atoms. The summed E-state index contributed by atoms with van der Waals surface area (Å²) in [5.41, 5.74) is 3.42. The molecular weight excluding hydrogens is 247 g/mol. The molecule has 0 aliphatic carbocycles. The number of hydrogen-bond donors (Lipinski definition) is 2. The van der Waals surface area contributed by atoms with Gasteiger partial charge in [0.05, 0.1) is 6.20 Å². The highest BCUT2D eigenvalue weighted by molar-refractivity contribution is 5.33. The summed E-state index contributed by atoms with van der Waals surface area (Å²) >= 11 is 0. The number of hydrogen-bond acceptors (Lipinski definition) is 5. The molecule has 2 aromatic rings. The van der Waals surface area contributed by atoms with E-state index in [1.54, 1.807) is 12.1 Å². The van der Waals surface area contributed by atoms with Crippen LogP contribution in [-0.4, -0.2) is 9.97 Å². The van der Waals surface area contributed by atoms with Gasteiger partial charge in [0.2, 0.25) is 11.8 Å². The highest BCUT2D eigenvalue weighted by Gasteiger charge is 2.09. The smallest absolute Gasteiger partial charge is 0.260 e. The second-order valence-corrected chi connectivity index (χ2v) is 4.32. The fourth-order valence-corrected chi connectivity index (χ4v) is 1.53. The van der Waals surface area contributed by atoms with E-state index in [9.17, 15) is 4.39 Å². The average molecular weight is 262 g/mol. The van der Waals surface area contributed by atoms with E-state index in [2.05, 4.69) is 29.2 Å². The second-order valence-electron chi connectivity index (χ2n) is 4.32. The lowest BCUT2D eigenvalue weighted by atomic mass is 10.0. The van der Waals surface area contributed by atoms with Crippen molar-refractivity contribution in [1.29, 1.82) is 0 Å². The Morgan fingerprint density at radius 1 is 1.26 bits per heavy atom. The summed E-state index contributed by atoms with van der Waals surface area (Å²) in [6, 6.07) is 7.40. The molecule has 1 aromatic carbocycles. The maximum atomic E-state index is 13.5. The Hall–Kier alpha value is -2.21. The third kappa shape index (κ3) is 3.17. The van der Waals surface area contributed by atoms with Crippen LogP contribution in [0.1, 0.15) is 25.3 Å². The van der Waals surface area contributed by atoms with Crippen LogP contribution < -0.4 is 16.0 Å². The fourth-order valence-electron chi connectivity index (χ4n) is 1.53. The van der Waals surface area contributed by atoms with E-state index in [1.807, 2.05) is 12.1 Å². The van der Waals surface area contributed by atoms with Crippen LogP contribution in [0.2, 0.25) is 0 Å². The minimum Gasteiger partial charge on any atom is -0.436 e. The lowest BCUT2D eigenvalue weighted by molar-refractivity contribution is 0.420. The first-order valence-electron chi connectivity index (χ1n) is 5.87. The number of aromatic nitrogens is 2. The van der Waals surface area contributed by atoms with E-state index < -0.39 is 5.82 Å². The van der Waals surface area contributed by atoms with Crippen molar-refractivity contribution in [2.45, 2.75) is 19.8 Å². The van der Waals surface area contributed by atoms with Crippen LogP contribution in [0.25, 0.3) is 0 Å². The molecule has 0 unspecified atom stereocenters. The Bertz CT molecular complexity index is 557. The molecule has 0 aliphatic rings. The van der Waals surface area contributed by atoms with Gasteiger partial charge in [0.1, 0.15) is 5.75 Å². The van der Waals surface area contributed by atoms with Crippen molar-refractivity contribution in [3.63, 3.8) is 0 Å². The molecule has 100 valence electrons. The summed E-state index contributed by atoms with van der Waals surface area (Å²) < 4.78 is 18.8. The number of anilines is 1. The molecule has 6 heteroatoms. The zero-order valence-corrected chi connectivity index (χ0v) is 10.7. The molecule has 5 nitrogen and oxygen atoms in total. The Kier molecular flexibility index (Phi) is 3.91. The first-order valence-corrected chi connectivity index (χ1v) is 5.87. The van der Waals surface area contributed by atoms with E-state index in [4.69, 9.17) is 10.6 Å². The normalized spacial score (nSPS) is 10.6. The number of ether oxygens (including phenoxy) is 1. The molecule has 0 saturated carbocycles. The number of hydrazine groups is 1. The SMILES string of the molecule is CC(C)c1ccc(Oc2nc(NN)ncc2F)cc1. The van der Waals surface area contributed by atoms with Crippen LogP contribution in [0, 0.1) is 5.82 Å². The van der Waals surface area contributed by atoms with Crippen molar-refractivity contribution in [2.75, 3.05) is 5.43 Å². The van der Waals surface area contributed by atoms with Gasteiger partial charge in [0.15, 0.2) is 0 Å². The highest BCUT2D eigenvalue weighted by atomic mass is 19.1. The summed E-state index contributed by atoms with van der Waals surface area (Å²) in [5.74, 6) is 5.38. The van der Waals surface area contributed by atoms with Gasteiger partial charge in [-0.2, -0.15) is 9.37 Å². The predicted octanol–water partition coefficient (Wildman–Crippen LogP) is 2.82. The highest BCUT2D eigenvalue weighted by Crippen LogP contribution is 2.24. The molecular formula is C13H15FN4O. The van der Waals surface area contributed by atoms with Crippen molar-refractivity contribution >= 4 is 5.95 Å². The topological polar surface area (TPSA) is 73.1 Å². The molecule has 0 spiro atoms. The largest absolute Gasteiger partial charge is 0.436 e.